The molecule has 2 N–H and O–H groups in total. The number of esters is 1. The van der Waals surface area contributed by atoms with E-state index in [2.05, 4.69) is 4.74 Å². The molecule has 5 heteroatoms. The highest BCUT2D eigenvalue weighted by atomic mass is 16.5. The van der Waals surface area contributed by atoms with Crippen molar-refractivity contribution in [2.24, 2.45) is 17.1 Å². The first-order chi connectivity index (χ1) is 9.07. The third-order valence-corrected chi connectivity index (χ3v) is 3.26. The van der Waals surface area contributed by atoms with E-state index in [1.54, 1.807) is 4.90 Å². The highest BCUT2D eigenvalue weighted by Gasteiger charge is 2.26. The van der Waals surface area contributed by atoms with Crippen LogP contribution in [0.5, 0.6) is 0 Å². The van der Waals surface area contributed by atoms with E-state index in [4.69, 9.17) is 5.73 Å². The van der Waals surface area contributed by atoms with Crippen molar-refractivity contribution in [3.05, 3.63) is 0 Å². The Balaban J connectivity index is 4.60. The van der Waals surface area contributed by atoms with E-state index in [9.17, 15) is 9.59 Å². The molecule has 0 rings (SSSR count). The Kier molecular flexibility index (Phi) is 7.79. The molecule has 0 aliphatic rings. The Bertz CT molecular complexity index is 322. The summed E-state index contributed by atoms with van der Waals surface area (Å²) in [5.41, 5.74) is 5.95. The number of carbonyl (C=O) groups excluding carboxylic acids is 2. The van der Waals surface area contributed by atoms with Gasteiger partial charge in [-0.2, -0.15) is 0 Å². The predicted octanol–water partition coefficient (Wildman–Crippen LogP) is 1.80. The van der Waals surface area contributed by atoms with Crippen LogP contribution in [0.15, 0.2) is 0 Å². The van der Waals surface area contributed by atoms with E-state index in [-0.39, 0.29) is 29.8 Å². The van der Waals surface area contributed by atoms with Gasteiger partial charge in [0, 0.05) is 25.6 Å². The summed E-state index contributed by atoms with van der Waals surface area (Å²) in [6.07, 6.45) is 0.525. The summed E-state index contributed by atoms with van der Waals surface area (Å²) in [4.78, 5) is 25.3. The summed E-state index contributed by atoms with van der Waals surface area (Å²) in [5.74, 6) is 0.0548. The fourth-order valence-electron chi connectivity index (χ4n) is 1.71. The lowest BCUT2D eigenvalue weighted by atomic mass is 9.85. The van der Waals surface area contributed by atoms with Gasteiger partial charge in [-0.3, -0.25) is 9.59 Å². The topological polar surface area (TPSA) is 72.6 Å². The molecule has 0 bridgehead atoms. The Morgan fingerprint density at radius 3 is 2.20 bits per heavy atom. The van der Waals surface area contributed by atoms with E-state index in [0.717, 1.165) is 0 Å². The van der Waals surface area contributed by atoms with Crippen LogP contribution < -0.4 is 5.73 Å². The van der Waals surface area contributed by atoms with Crippen molar-refractivity contribution in [2.75, 3.05) is 20.2 Å². The maximum atomic E-state index is 12.3. The van der Waals surface area contributed by atoms with Gasteiger partial charge in [-0.25, -0.2) is 0 Å². The van der Waals surface area contributed by atoms with Crippen LogP contribution >= 0.6 is 0 Å². The van der Waals surface area contributed by atoms with Crippen molar-refractivity contribution in [2.45, 2.75) is 53.5 Å². The molecule has 0 radical (unpaired) electrons. The van der Waals surface area contributed by atoms with Gasteiger partial charge in [0.25, 0.3) is 0 Å². The monoisotopic (exact) mass is 286 g/mol. The smallest absolute Gasteiger partial charge is 0.307 e. The van der Waals surface area contributed by atoms with Crippen LogP contribution in [0, 0.1) is 11.3 Å². The minimum atomic E-state index is -0.299. The SMILES string of the molecule is COC(=O)CCN(CC(C)C)C(=O)CC(N)C(C)(C)C. The highest BCUT2D eigenvalue weighted by molar-refractivity contribution is 5.78. The first-order valence-electron chi connectivity index (χ1n) is 7.18. The zero-order valence-corrected chi connectivity index (χ0v) is 13.7. The largest absolute Gasteiger partial charge is 0.469 e. The molecule has 118 valence electrons. The molecule has 0 aromatic heterocycles. The fraction of sp³-hybridized carbons (Fsp3) is 0.867. The Morgan fingerprint density at radius 1 is 1.25 bits per heavy atom. The minimum absolute atomic E-state index is 0.00466. The van der Waals surface area contributed by atoms with Gasteiger partial charge in [0.05, 0.1) is 13.5 Å². The third-order valence-electron chi connectivity index (χ3n) is 3.26. The van der Waals surface area contributed by atoms with E-state index >= 15 is 0 Å². The van der Waals surface area contributed by atoms with Gasteiger partial charge in [-0.1, -0.05) is 34.6 Å². The molecule has 0 aliphatic carbocycles. The first-order valence-corrected chi connectivity index (χ1v) is 7.18. The summed E-state index contributed by atoms with van der Waals surface area (Å²) >= 11 is 0. The summed E-state index contributed by atoms with van der Waals surface area (Å²) in [7, 11) is 1.35. The van der Waals surface area contributed by atoms with Crippen LogP contribution in [0.2, 0.25) is 0 Å². The average Bonchev–Trinajstić information content (AvgIpc) is 2.31. The molecule has 0 aromatic carbocycles. The molecular formula is C15H30N2O3. The zero-order valence-electron chi connectivity index (χ0n) is 13.7. The molecule has 5 nitrogen and oxygen atoms in total. The molecule has 0 fully saturated rings. The highest BCUT2D eigenvalue weighted by Crippen LogP contribution is 2.20. The van der Waals surface area contributed by atoms with Crippen LogP contribution in [0.25, 0.3) is 0 Å². The second-order valence-electron chi connectivity index (χ2n) is 6.74. The number of nitrogens with zero attached hydrogens (tertiary/aromatic N) is 1. The van der Waals surface area contributed by atoms with Crippen LogP contribution in [0.4, 0.5) is 0 Å². The fourth-order valence-corrected chi connectivity index (χ4v) is 1.71. The van der Waals surface area contributed by atoms with Crippen molar-refractivity contribution in [1.82, 2.24) is 4.90 Å². The molecule has 0 aromatic rings. The molecule has 0 spiro atoms. The Morgan fingerprint density at radius 2 is 1.80 bits per heavy atom. The number of methoxy groups -OCH3 is 1. The molecule has 0 heterocycles. The van der Waals surface area contributed by atoms with Crippen LogP contribution in [-0.4, -0.2) is 43.0 Å². The molecular weight excluding hydrogens is 256 g/mol. The number of carbonyl (C=O) groups is 2. The summed E-state index contributed by atoms with van der Waals surface area (Å²) in [6.45, 7) is 11.2. The summed E-state index contributed by atoms with van der Waals surface area (Å²) < 4.78 is 4.62. The van der Waals surface area contributed by atoms with E-state index in [1.807, 2.05) is 34.6 Å². The van der Waals surface area contributed by atoms with Gasteiger partial charge in [0.15, 0.2) is 0 Å². The van der Waals surface area contributed by atoms with E-state index < -0.39 is 0 Å². The van der Waals surface area contributed by atoms with Crippen molar-refractivity contribution in [1.29, 1.82) is 0 Å². The number of ether oxygens (including phenoxy) is 1. The Hall–Kier alpha value is -1.10. The molecule has 1 amide bonds. The summed E-state index contributed by atoms with van der Waals surface area (Å²) in [6, 6.07) is -0.192. The molecule has 20 heavy (non-hydrogen) atoms. The molecule has 1 unspecified atom stereocenters. The van der Waals surface area contributed by atoms with Gasteiger partial charge in [0.1, 0.15) is 0 Å². The average molecular weight is 286 g/mol. The van der Waals surface area contributed by atoms with Gasteiger partial charge in [-0.05, 0) is 11.3 Å². The Labute approximate surface area is 122 Å². The predicted molar refractivity (Wildman–Crippen MR) is 80.1 cm³/mol. The number of rotatable bonds is 7. The maximum Gasteiger partial charge on any atom is 0.307 e. The van der Waals surface area contributed by atoms with Crippen molar-refractivity contribution in [3.8, 4) is 0 Å². The number of nitrogens with two attached hydrogens (primary N) is 1. The number of hydrogen-bond acceptors (Lipinski definition) is 4. The number of hydrogen-bond donors (Lipinski definition) is 1. The van der Waals surface area contributed by atoms with E-state index in [0.29, 0.717) is 25.4 Å². The van der Waals surface area contributed by atoms with Gasteiger partial charge < -0.3 is 15.4 Å². The summed E-state index contributed by atoms with van der Waals surface area (Å²) in [5, 5.41) is 0. The lowest BCUT2D eigenvalue weighted by Gasteiger charge is -2.30. The van der Waals surface area contributed by atoms with Gasteiger partial charge in [-0.15, -0.1) is 0 Å². The maximum absolute atomic E-state index is 12.3. The minimum Gasteiger partial charge on any atom is -0.469 e. The van der Waals surface area contributed by atoms with Crippen LogP contribution in [-0.2, 0) is 14.3 Å². The third kappa shape index (κ3) is 7.48. The van der Waals surface area contributed by atoms with Gasteiger partial charge in [0.2, 0.25) is 5.91 Å². The molecule has 0 aliphatic heterocycles. The van der Waals surface area contributed by atoms with Gasteiger partial charge >= 0.3 is 5.97 Å². The van der Waals surface area contributed by atoms with Crippen LogP contribution in [0.1, 0.15) is 47.5 Å². The van der Waals surface area contributed by atoms with Crippen LogP contribution in [0.3, 0.4) is 0 Å². The van der Waals surface area contributed by atoms with Crippen molar-refractivity contribution >= 4 is 11.9 Å². The molecule has 1 atom stereocenters. The lowest BCUT2D eigenvalue weighted by Crippen LogP contribution is -2.43. The first kappa shape index (κ1) is 18.9. The van der Waals surface area contributed by atoms with Crippen molar-refractivity contribution < 1.29 is 14.3 Å². The van der Waals surface area contributed by atoms with Crippen molar-refractivity contribution in [3.63, 3.8) is 0 Å². The quantitative estimate of drug-likeness (QED) is 0.724. The number of amides is 1. The zero-order chi connectivity index (χ0) is 15.9. The van der Waals surface area contributed by atoms with E-state index in [1.165, 1.54) is 7.11 Å². The molecule has 0 saturated carbocycles. The second kappa shape index (κ2) is 8.25. The normalized spacial score (nSPS) is 13.2. The molecule has 0 saturated heterocycles. The lowest BCUT2D eigenvalue weighted by molar-refractivity contribution is -0.142. The standard InChI is InChI=1S/C15H30N2O3/c1-11(2)10-17(8-7-14(19)20-6)13(18)9-12(16)15(3,4)5/h11-12H,7-10,16H2,1-6H3. The second-order valence-corrected chi connectivity index (χ2v) is 6.74.